The van der Waals surface area contributed by atoms with Crippen molar-refractivity contribution in [1.82, 2.24) is 0 Å². The number of nitrogens with zero attached hydrogens (tertiary/aromatic N) is 1. The zero-order chi connectivity index (χ0) is 16.0. The van der Waals surface area contributed by atoms with Crippen molar-refractivity contribution in [3.63, 3.8) is 0 Å². The number of aliphatic carboxylic acids is 1. The average Bonchev–Trinajstić information content (AvgIpc) is 2.99. The molecule has 2 aromatic rings. The molecule has 0 saturated carbocycles. The molecule has 0 radical (unpaired) electrons. The molecule has 0 aliphatic carbocycles. The van der Waals surface area contributed by atoms with Gasteiger partial charge in [-0.1, -0.05) is 0 Å². The number of rotatable bonds is 2. The average molecular weight is 315 g/mol. The van der Waals surface area contributed by atoms with Crippen LogP contribution in [0.5, 0.6) is 17.2 Å². The van der Waals surface area contributed by atoms with Gasteiger partial charge in [0.15, 0.2) is 17.2 Å². The summed E-state index contributed by atoms with van der Waals surface area (Å²) in [6.45, 7) is 0.0913. The Labute approximate surface area is 129 Å². The molecule has 2 heterocycles. The summed E-state index contributed by atoms with van der Waals surface area (Å²) in [5.74, 6) is -0.504. The van der Waals surface area contributed by atoms with Gasteiger partial charge < -0.3 is 24.2 Å². The maximum absolute atomic E-state index is 13.1. The molecule has 0 unspecified atom stereocenters. The van der Waals surface area contributed by atoms with Crippen molar-refractivity contribution in [2.24, 2.45) is 0 Å². The number of anilines is 2. The van der Waals surface area contributed by atoms with Gasteiger partial charge in [-0.2, -0.15) is 0 Å². The van der Waals surface area contributed by atoms with Crippen molar-refractivity contribution >= 4 is 17.3 Å². The Hall–Kier alpha value is -3.22. The summed E-state index contributed by atoms with van der Waals surface area (Å²) in [6, 6.07) is 8.95. The van der Waals surface area contributed by atoms with Crippen LogP contribution in [0.15, 0.2) is 48.4 Å². The Kier molecular flexibility index (Phi) is 2.87. The normalized spacial score (nSPS) is 14.8. The smallest absolute Gasteiger partial charge is 0.373 e. The molecule has 0 amide bonds. The lowest BCUT2D eigenvalue weighted by atomic mass is 10.2. The molecular formula is C16H10FNO5. The molecule has 2 aromatic carbocycles. The molecule has 0 aromatic heterocycles. The zero-order valence-corrected chi connectivity index (χ0v) is 11.7. The number of carboxylic acids is 1. The van der Waals surface area contributed by atoms with E-state index in [0.717, 1.165) is 0 Å². The summed E-state index contributed by atoms with van der Waals surface area (Å²) in [5, 5.41) is 9.23. The predicted octanol–water partition coefficient (Wildman–Crippen LogP) is 3.01. The molecule has 7 heteroatoms. The van der Waals surface area contributed by atoms with E-state index in [-0.39, 0.29) is 18.4 Å². The Morgan fingerprint density at radius 3 is 2.48 bits per heavy atom. The lowest BCUT2D eigenvalue weighted by molar-refractivity contribution is -0.135. The second-order valence-electron chi connectivity index (χ2n) is 4.92. The highest BCUT2D eigenvalue weighted by Gasteiger charge is 2.28. The molecule has 0 spiro atoms. The van der Waals surface area contributed by atoms with Crippen LogP contribution in [0, 0.1) is 5.82 Å². The molecule has 0 saturated heterocycles. The van der Waals surface area contributed by atoms with Crippen LogP contribution in [-0.4, -0.2) is 17.9 Å². The summed E-state index contributed by atoms with van der Waals surface area (Å²) >= 11 is 0. The molecule has 0 atom stereocenters. The maximum Gasteiger partial charge on any atom is 0.373 e. The number of carboxylic acid groups (broad SMARTS) is 1. The number of halogens is 1. The molecule has 6 nitrogen and oxygen atoms in total. The van der Waals surface area contributed by atoms with E-state index >= 15 is 0 Å². The first-order valence-electron chi connectivity index (χ1n) is 6.73. The van der Waals surface area contributed by atoms with Gasteiger partial charge in [-0.25, -0.2) is 9.18 Å². The van der Waals surface area contributed by atoms with E-state index in [1.807, 2.05) is 0 Å². The Bertz CT molecular complexity index is 831. The van der Waals surface area contributed by atoms with E-state index in [1.54, 1.807) is 29.2 Å². The first-order chi connectivity index (χ1) is 11.1. The lowest BCUT2D eigenvalue weighted by Gasteiger charge is -2.28. The minimum Gasteiger partial charge on any atom is -0.475 e. The summed E-state index contributed by atoms with van der Waals surface area (Å²) in [7, 11) is 0. The molecule has 0 fully saturated rings. The fraction of sp³-hybridized carbons (Fsp3) is 0.0625. The van der Waals surface area contributed by atoms with Gasteiger partial charge in [-0.05, 0) is 24.3 Å². The van der Waals surface area contributed by atoms with Crippen molar-refractivity contribution in [3.05, 3.63) is 54.2 Å². The Balaban J connectivity index is 1.86. The largest absolute Gasteiger partial charge is 0.475 e. The summed E-state index contributed by atoms with van der Waals surface area (Å²) in [6.07, 6.45) is 1.33. The topological polar surface area (TPSA) is 68.2 Å². The van der Waals surface area contributed by atoms with Gasteiger partial charge in [-0.3, -0.25) is 0 Å². The van der Waals surface area contributed by atoms with Gasteiger partial charge in [0.25, 0.3) is 0 Å². The number of hydrogen-bond acceptors (Lipinski definition) is 5. The third-order valence-electron chi connectivity index (χ3n) is 3.50. The molecule has 2 aliphatic heterocycles. The summed E-state index contributed by atoms with van der Waals surface area (Å²) < 4.78 is 29.2. The Morgan fingerprint density at radius 1 is 1.09 bits per heavy atom. The van der Waals surface area contributed by atoms with Crippen molar-refractivity contribution < 1.29 is 28.5 Å². The van der Waals surface area contributed by atoms with Gasteiger partial charge in [0.05, 0.1) is 11.9 Å². The van der Waals surface area contributed by atoms with E-state index in [9.17, 15) is 14.3 Å². The lowest BCUT2D eigenvalue weighted by Crippen LogP contribution is -2.21. The number of hydrogen-bond donors (Lipinski definition) is 1. The molecule has 4 rings (SSSR count). The maximum atomic E-state index is 13.1. The van der Waals surface area contributed by atoms with E-state index in [0.29, 0.717) is 28.6 Å². The monoisotopic (exact) mass is 315 g/mol. The Morgan fingerprint density at radius 2 is 1.78 bits per heavy atom. The SMILES string of the molecule is O=C(O)C1=CN(c2ccc(F)cc2)c2cc3c(cc2O1)OCO3. The van der Waals surface area contributed by atoms with Crippen LogP contribution in [0.25, 0.3) is 0 Å². The van der Waals surface area contributed by atoms with Crippen LogP contribution in [0.2, 0.25) is 0 Å². The minimum atomic E-state index is -1.21. The van der Waals surface area contributed by atoms with Crippen molar-refractivity contribution in [3.8, 4) is 17.2 Å². The van der Waals surface area contributed by atoms with Crippen LogP contribution in [0.1, 0.15) is 0 Å². The van der Waals surface area contributed by atoms with E-state index in [2.05, 4.69) is 0 Å². The third-order valence-corrected chi connectivity index (χ3v) is 3.50. The fourth-order valence-corrected chi connectivity index (χ4v) is 2.43. The molecule has 116 valence electrons. The van der Waals surface area contributed by atoms with Crippen LogP contribution >= 0.6 is 0 Å². The van der Waals surface area contributed by atoms with Crippen molar-refractivity contribution in [1.29, 1.82) is 0 Å². The van der Waals surface area contributed by atoms with Gasteiger partial charge >= 0.3 is 5.97 Å². The van der Waals surface area contributed by atoms with E-state index < -0.39 is 5.97 Å². The first-order valence-corrected chi connectivity index (χ1v) is 6.73. The second-order valence-corrected chi connectivity index (χ2v) is 4.92. The van der Waals surface area contributed by atoms with Crippen LogP contribution in [-0.2, 0) is 4.79 Å². The predicted molar refractivity (Wildman–Crippen MR) is 77.5 cm³/mol. The highest BCUT2D eigenvalue weighted by atomic mass is 19.1. The van der Waals surface area contributed by atoms with Crippen LogP contribution in [0.3, 0.4) is 0 Å². The van der Waals surface area contributed by atoms with Gasteiger partial charge in [0, 0.05) is 17.8 Å². The number of benzene rings is 2. The fourth-order valence-electron chi connectivity index (χ4n) is 2.43. The minimum absolute atomic E-state index is 0.0913. The third kappa shape index (κ3) is 2.22. The van der Waals surface area contributed by atoms with Crippen LogP contribution < -0.4 is 19.1 Å². The number of fused-ring (bicyclic) bond motifs is 2. The molecule has 23 heavy (non-hydrogen) atoms. The van der Waals surface area contributed by atoms with Crippen LogP contribution in [0.4, 0.5) is 15.8 Å². The molecular weight excluding hydrogens is 305 g/mol. The van der Waals surface area contributed by atoms with Gasteiger partial charge in [-0.15, -0.1) is 0 Å². The van der Waals surface area contributed by atoms with E-state index in [4.69, 9.17) is 14.2 Å². The number of carbonyl (C=O) groups is 1. The molecule has 1 N–H and O–H groups in total. The van der Waals surface area contributed by atoms with Gasteiger partial charge in [0.1, 0.15) is 5.82 Å². The number of ether oxygens (including phenoxy) is 3. The highest BCUT2D eigenvalue weighted by molar-refractivity contribution is 5.89. The molecule has 2 aliphatic rings. The quantitative estimate of drug-likeness (QED) is 0.919. The summed E-state index contributed by atoms with van der Waals surface area (Å²) in [4.78, 5) is 12.9. The van der Waals surface area contributed by atoms with Crippen molar-refractivity contribution in [2.75, 3.05) is 11.7 Å². The first kappa shape index (κ1) is 13.4. The molecule has 0 bridgehead atoms. The van der Waals surface area contributed by atoms with E-state index in [1.165, 1.54) is 18.3 Å². The van der Waals surface area contributed by atoms with Gasteiger partial charge in [0.2, 0.25) is 12.6 Å². The zero-order valence-electron chi connectivity index (χ0n) is 11.7. The van der Waals surface area contributed by atoms with Crippen molar-refractivity contribution in [2.45, 2.75) is 0 Å². The highest BCUT2D eigenvalue weighted by Crippen LogP contribution is 2.47. The second kappa shape index (κ2) is 4.91. The summed E-state index contributed by atoms with van der Waals surface area (Å²) in [5.41, 5.74) is 1.17. The standard InChI is InChI=1S/C16H10FNO5/c17-9-1-3-10(4-2-9)18-7-15(16(19)20)23-12-6-14-13(5-11(12)18)21-8-22-14/h1-7H,8H2,(H,19,20).